The van der Waals surface area contributed by atoms with Gasteiger partial charge in [-0.1, -0.05) is 5.65 Å². The molecule has 0 atom stereocenters. The molecular formula is C4H5FN4. The summed E-state index contributed by atoms with van der Waals surface area (Å²) in [5, 5.41) is 0. The Kier molecular flexibility index (Phi) is 1.92. The number of rotatable bonds is 2. The van der Waals surface area contributed by atoms with Gasteiger partial charge < -0.3 is 0 Å². The van der Waals surface area contributed by atoms with Gasteiger partial charge in [0.05, 0.1) is 18.1 Å². The van der Waals surface area contributed by atoms with Gasteiger partial charge in [-0.25, -0.2) is 9.97 Å². The third-order valence-electron chi connectivity index (χ3n) is 0.752. The lowest BCUT2D eigenvalue weighted by Gasteiger charge is -1.96. The molecule has 0 aliphatic rings. The highest BCUT2D eigenvalue weighted by Gasteiger charge is 1.84. The average molecular weight is 128 g/mol. The Balaban J connectivity index is 2.61. The molecular weight excluding hydrogens is 123 g/mol. The predicted molar refractivity (Wildman–Crippen MR) is 29.9 cm³/mol. The Labute approximate surface area is 51.0 Å². The van der Waals surface area contributed by atoms with Crippen LogP contribution in [-0.4, -0.2) is 9.97 Å². The molecule has 0 aromatic carbocycles. The van der Waals surface area contributed by atoms with Gasteiger partial charge in [0, 0.05) is 0 Å². The van der Waals surface area contributed by atoms with Gasteiger partial charge in [0.15, 0.2) is 0 Å². The molecule has 1 rings (SSSR count). The van der Waals surface area contributed by atoms with E-state index < -0.39 is 0 Å². The molecule has 0 saturated heterocycles. The van der Waals surface area contributed by atoms with Crippen LogP contribution in [0.2, 0.25) is 0 Å². The fourth-order valence-corrected chi connectivity index (χ4v) is 0.418. The van der Waals surface area contributed by atoms with Crippen molar-refractivity contribution in [1.82, 2.24) is 15.6 Å². The average Bonchev–Trinajstić information content (AvgIpc) is 1.91. The molecule has 1 aromatic rings. The van der Waals surface area contributed by atoms with Gasteiger partial charge in [0.2, 0.25) is 0 Å². The zero-order valence-corrected chi connectivity index (χ0v) is 4.50. The topological polar surface area (TPSA) is 49.8 Å². The summed E-state index contributed by atoms with van der Waals surface area (Å²) in [6, 6.07) is 0. The minimum absolute atomic E-state index is 0.486. The van der Waals surface area contributed by atoms with Crippen LogP contribution in [0, 0.1) is 0 Å². The lowest BCUT2D eigenvalue weighted by Crippen LogP contribution is -2.09. The molecule has 0 amide bonds. The first-order valence-electron chi connectivity index (χ1n) is 2.30. The number of nitrogens with zero attached hydrogens (tertiary/aromatic N) is 2. The molecule has 1 heterocycles. The van der Waals surface area contributed by atoms with Crippen LogP contribution in [0.3, 0.4) is 0 Å². The molecule has 0 aliphatic heterocycles. The quantitative estimate of drug-likeness (QED) is 0.443. The number of anilines is 1. The van der Waals surface area contributed by atoms with Crippen LogP contribution in [0.15, 0.2) is 18.7 Å². The fraction of sp³-hybridized carbons (Fsp3) is 0. The molecule has 1 aromatic heterocycles. The molecule has 0 saturated carbocycles. The standard InChI is InChI=1S/C4H5FN4/c5-9-8-4-1-6-3-7-2-4/h1-3,8-9H. The molecule has 0 spiro atoms. The second-order valence-corrected chi connectivity index (χ2v) is 1.35. The van der Waals surface area contributed by atoms with E-state index in [0.717, 1.165) is 0 Å². The van der Waals surface area contributed by atoms with Crippen LogP contribution in [0.1, 0.15) is 0 Å². The highest BCUT2D eigenvalue weighted by atomic mass is 19.2. The zero-order chi connectivity index (χ0) is 6.53. The Morgan fingerprint density at radius 3 is 2.56 bits per heavy atom. The van der Waals surface area contributed by atoms with Gasteiger partial charge in [0.25, 0.3) is 0 Å². The van der Waals surface area contributed by atoms with E-state index in [4.69, 9.17) is 0 Å². The van der Waals surface area contributed by atoms with Crippen molar-refractivity contribution in [1.29, 1.82) is 0 Å². The summed E-state index contributed by atoms with van der Waals surface area (Å²) in [4.78, 5) is 7.25. The first-order valence-corrected chi connectivity index (χ1v) is 2.30. The molecule has 0 bridgehead atoms. The summed E-state index contributed by atoms with van der Waals surface area (Å²) in [5.41, 5.74) is 3.91. The lowest BCUT2D eigenvalue weighted by molar-refractivity contribution is 0.376. The highest BCUT2D eigenvalue weighted by Crippen LogP contribution is 1.96. The zero-order valence-electron chi connectivity index (χ0n) is 4.50. The molecule has 0 radical (unpaired) electrons. The maximum absolute atomic E-state index is 11.3. The predicted octanol–water partition coefficient (Wildman–Crippen LogP) is 0.278. The number of nitrogens with one attached hydrogen (secondary N) is 2. The van der Waals surface area contributed by atoms with Crippen molar-refractivity contribution < 1.29 is 4.48 Å². The van der Waals surface area contributed by atoms with Crippen molar-refractivity contribution in [3.8, 4) is 0 Å². The monoisotopic (exact) mass is 128 g/mol. The van der Waals surface area contributed by atoms with Crippen molar-refractivity contribution >= 4 is 5.69 Å². The lowest BCUT2D eigenvalue weighted by atomic mass is 10.6. The van der Waals surface area contributed by atoms with Gasteiger partial charge in [-0.15, -0.1) is 4.48 Å². The van der Waals surface area contributed by atoms with Gasteiger partial charge in [-0.2, -0.15) is 0 Å². The van der Waals surface area contributed by atoms with Gasteiger partial charge in [-0.3, -0.25) is 5.43 Å². The Bertz CT molecular complexity index is 165. The maximum Gasteiger partial charge on any atom is 0.115 e. The summed E-state index contributed by atoms with van der Waals surface area (Å²) >= 11 is 0. The van der Waals surface area contributed by atoms with Crippen LogP contribution in [0.5, 0.6) is 0 Å². The van der Waals surface area contributed by atoms with Gasteiger partial charge >= 0.3 is 0 Å². The number of halogens is 1. The van der Waals surface area contributed by atoms with Crippen LogP contribution >= 0.6 is 0 Å². The van der Waals surface area contributed by atoms with Crippen LogP contribution in [0.4, 0.5) is 10.2 Å². The summed E-state index contributed by atoms with van der Waals surface area (Å²) in [6.45, 7) is 0. The normalized spacial score (nSPS) is 9.00. The van der Waals surface area contributed by atoms with Gasteiger partial charge in [0.1, 0.15) is 6.33 Å². The van der Waals surface area contributed by atoms with E-state index in [9.17, 15) is 4.48 Å². The van der Waals surface area contributed by atoms with Crippen molar-refractivity contribution in [2.75, 3.05) is 5.43 Å². The Hall–Kier alpha value is -1.23. The van der Waals surface area contributed by atoms with E-state index in [1.807, 2.05) is 0 Å². The summed E-state index contributed by atoms with van der Waals surface area (Å²) in [6.07, 6.45) is 4.25. The SMILES string of the molecule is FNNc1cncnc1. The number of aromatic nitrogens is 2. The van der Waals surface area contributed by atoms with E-state index in [1.165, 1.54) is 24.4 Å². The van der Waals surface area contributed by atoms with Crippen molar-refractivity contribution in [3.05, 3.63) is 18.7 Å². The molecule has 0 fully saturated rings. The molecule has 5 heteroatoms. The third-order valence-corrected chi connectivity index (χ3v) is 0.752. The van der Waals surface area contributed by atoms with Crippen molar-refractivity contribution in [2.24, 2.45) is 0 Å². The van der Waals surface area contributed by atoms with E-state index >= 15 is 0 Å². The first kappa shape index (κ1) is 5.90. The number of hydrogen-bond donors (Lipinski definition) is 2. The van der Waals surface area contributed by atoms with Crippen molar-refractivity contribution in [3.63, 3.8) is 0 Å². The first-order chi connectivity index (χ1) is 4.43. The smallest absolute Gasteiger partial charge is 0.115 e. The van der Waals surface area contributed by atoms with Crippen LogP contribution in [0.25, 0.3) is 0 Å². The Morgan fingerprint density at radius 2 is 2.00 bits per heavy atom. The van der Waals surface area contributed by atoms with Gasteiger partial charge in [-0.05, 0) is 0 Å². The minimum Gasteiger partial charge on any atom is -0.292 e. The highest BCUT2D eigenvalue weighted by molar-refractivity contribution is 5.34. The Morgan fingerprint density at radius 1 is 1.33 bits per heavy atom. The second kappa shape index (κ2) is 2.93. The van der Waals surface area contributed by atoms with E-state index in [1.54, 1.807) is 0 Å². The second-order valence-electron chi connectivity index (χ2n) is 1.35. The largest absolute Gasteiger partial charge is 0.292 e. The van der Waals surface area contributed by atoms with E-state index in [2.05, 4.69) is 15.4 Å². The van der Waals surface area contributed by atoms with E-state index in [0.29, 0.717) is 5.69 Å². The minimum atomic E-state index is 0.486. The molecule has 0 aliphatic carbocycles. The molecule has 2 N–H and O–H groups in total. The number of hydrazine groups is 1. The molecule has 48 valence electrons. The van der Waals surface area contributed by atoms with Crippen LogP contribution < -0.4 is 11.1 Å². The van der Waals surface area contributed by atoms with Crippen molar-refractivity contribution in [2.45, 2.75) is 0 Å². The fourth-order valence-electron chi connectivity index (χ4n) is 0.418. The number of hydrogen-bond acceptors (Lipinski definition) is 4. The summed E-state index contributed by atoms with van der Waals surface area (Å²) in [5.74, 6) is 0. The molecule has 0 unspecified atom stereocenters. The maximum atomic E-state index is 11.3. The van der Waals surface area contributed by atoms with E-state index in [-0.39, 0.29) is 0 Å². The molecule has 4 nitrogen and oxygen atoms in total. The summed E-state index contributed by atoms with van der Waals surface area (Å²) in [7, 11) is 0. The third kappa shape index (κ3) is 1.61. The van der Waals surface area contributed by atoms with Crippen LogP contribution in [-0.2, 0) is 0 Å². The summed E-state index contributed by atoms with van der Waals surface area (Å²) < 4.78 is 11.3. The molecule has 9 heavy (non-hydrogen) atoms.